The van der Waals surface area contributed by atoms with Crippen molar-refractivity contribution in [3.8, 4) is 0 Å². The number of aldehydes is 1. The first kappa shape index (κ1) is 14.7. The maximum absolute atomic E-state index is 12.5. The molecule has 2 atom stereocenters. The van der Waals surface area contributed by atoms with Gasteiger partial charge in [-0.15, -0.1) is 0 Å². The average Bonchev–Trinajstić information content (AvgIpc) is 2.51. The number of hydrogen-bond donors (Lipinski definition) is 1. The van der Waals surface area contributed by atoms with Gasteiger partial charge in [-0.25, -0.2) is 13.1 Å². The van der Waals surface area contributed by atoms with Crippen molar-refractivity contribution >= 4 is 16.3 Å². The Labute approximate surface area is 126 Å². The van der Waals surface area contributed by atoms with E-state index in [4.69, 9.17) is 0 Å². The summed E-state index contributed by atoms with van der Waals surface area (Å²) in [6, 6.07) is 8.38. The predicted octanol–water partition coefficient (Wildman–Crippen LogP) is 2.36. The van der Waals surface area contributed by atoms with Crippen LogP contribution >= 0.6 is 0 Å². The van der Waals surface area contributed by atoms with Crippen molar-refractivity contribution in [1.82, 2.24) is 4.72 Å². The van der Waals surface area contributed by atoms with Crippen molar-refractivity contribution < 1.29 is 13.2 Å². The molecule has 5 heteroatoms. The highest BCUT2D eigenvalue weighted by Crippen LogP contribution is 2.46. The lowest BCUT2D eigenvalue weighted by Gasteiger charge is -2.48. The minimum Gasteiger partial charge on any atom is -0.303 e. The zero-order valence-corrected chi connectivity index (χ0v) is 12.8. The first-order valence-corrected chi connectivity index (χ1v) is 9.11. The minimum atomic E-state index is -3.50. The number of benzene rings is 1. The standard InChI is InChI=1S/C16H21NO3S/c18-11-10-15-12-6-8-13(9-7-12)16(15)17-21(19,20)14-4-2-1-3-5-14/h1-5,11-13,15-17H,6-10H2/t12?,13?,15-,16-/m0/s1. The fourth-order valence-electron chi connectivity index (χ4n) is 4.06. The van der Waals surface area contributed by atoms with Crippen LogP contribution in [0.3, 0.4) is 0 Å². The Morgan fingerprint density at radius 2 is 1.67 bits per heavy atom. The van der Waals surface area contributed by atoms with Crippen LogP contribution in [0.5, 0.6) is 0 Å². The molecule has 3 aliphatic rings. The number of sulfonamides is 1. The zero-order chi connectivity index (χ0) is 14.9. The topological polar surface area (TPSA) is 63.2 Å². The Morgan fingerprint density at radius 1 is 1.05 bits per heavy atom. The van der Waals surface area contributed by atoms with Gasteiger partial charge in [0.1, 0.15) is 6.29 Å². The number of rotatable bonds is 5. The lowest BCUT2D eigenvalue weighted by atomic mass is 9.61. The van der Waals surface area contributed by atoms with Crippen molar-refractivity contribution in [2.45, 2.75) is 43.0 Å². The fourth-order valence-corrected chi connectivity index (χ4v) is 5.43. The summed E-state index contributed by atoms with van der Waals surface area (Å²) >= 11 is 0. The van der Waals surface area contributed by atoms with E-state index in [9.17, 15) is 13.2 Å². The van der Waals surface area contributed by atoms with Crippen molar-refractivity contribution in [1.29, 1.82) is 0 Å². The Morgan fingerprint density at radius 3 is 2.29 bits per heavy atom. The molecule has 0 heterocycles. The van der Waals surface area contributed by atoms with Crippen LogP contribution in [0.25, 0.3) is 0 Å². The molecule has 3 saturated carbocycles. The summed E-state index contributed by atoms with van der Waals surface area (Å²) in [5.74, 6) is 1.02. The highest BCUT2D eigenvalue weighted by atomic mass is 32.2. The van der Waals surface area contributed by atoms with Gasteiger partial charge in [-0.2, -0.15) is 0 Å². The molecule has 0 aliphatic heterocycles. The summed E-state index contributed by atoms with van der Waals surface area (Å²) in [5.41, 5.74) is 0. The smallest absolute Gasteiger partial charge is 0.240 e. The number of nitrogens with one attached hydrogen (secondary N) is 1. The molecule has 3 fully saturated rings. The average molecular weight is 307 g/mol. The Hall–Kier alpha value is -1.20. The number of carbonyl (C=O) groups excluding carboxylic acids is 1. The van der Waals surface area contributed by atoms with E-state index in [1.54, 1.807) is 30.3 Å². The molecular weight excluding hydrogens is 286 g/mol. The van der Waals surface area contributed by atoms with Crippen molar-refractivity contribution in [3.63, 3.8) is 0 Å². The van der Waals surface area contributed by atoms with Gasteiger partial charge in [0.2, 0.25) is 10.0 Å². The van der Waals surface area contributed by atoms with Crippen molar-refractivity contribution in [2.24, 2.45) is 17.8 Å². The van der Waals surface area contributed by atoms with E-state index in [1.165, 1.54) is 0 Å². The third-order valence-electron chi connectivity index (χ3n) is 5.10. The second kappa shape index (κ2) is 5.89. The Balaban J connectivity index is 1.83. The quantitative estimate of drug-likeness (QED) is 0.849. The van der Waals surface area contributed by atoms with Crippen molar-refractivity contribution in [3.05, 3.63) is 30.3 Å². The largest absolute Gasteiger partial charge is 0.303 e. The van der Waals surface area contributed by atoms with E-state index < -0.39 is 10.0 Å². The van der Waals surface area contributed by atoms with Crippen LogP contribution in [0.4, 0.5) is 0 Å². The number of hydrogen-bond acceptors (Lipinski definition) is 3. The minimum absolute atomic E-state index is 0.0899. The van der Waals surface area contributed by atoms with E-state index in [0.717, 1.165) is 32.0 Å². The van der Waals surface area contributed by atoms with Crippen LogP contribution in [0.15, 0.2) is 35.2 Å². The van der Waals surface area contributed by atoms with Gasteiger partial charge >= 0.3 is 0 Å². The SMILES string of the molecule is O=CC[C@H]1C2CCC(CC2)[C@@H]1NS(=O)(=O)c1ccccc1. The van der Waals surface area contributed by atoms with Crippen LogP contribution in [0, 0.1) is 17.8 Å². The summed E-state index contributed by atoms with van der Waals surface area (Å²) < 4.78 is 27.9. The molecule has 3 aliphatic carbocycles. The van der Waals surface area contributed by atoms with Crippen LogP contribution in [-0.2, 0) is 14.8 Å². The molecule has 2 bridgehead atoms. The maximum Gasteiger partial charge on any atom is 0.240 e. The number of fused-ring (bicyclic) bond motifs is 3. The molecule has 1 N–H and O–H groups in total. The van der Waals surface area contributed by atoms with E-state index in [1.807, 2.05) is 0 Å². The summed E-state index contributed by atoms with van der Waals surface area (Å²) in [5, 5.41) is 0. The molecule has 0 radical (unpaired) electrons. The lowest BCUT2D eigenvalue weighted by Crippen LogP contribution is -2.53. The Bertz CT molecular complexity index is 591. The summed E-state index contributed by atoms with van der Waals surface area (Å²) in [4.78, 5) is 11.3. The van der Waals surface area contributed by atoms with Gasteiger partial charge in [0.25, 0.3) is 0 Å². The highest BCUT2D eigenvalue weighted by Gasteiger charge is 2.44. The third-order valence-corrected chi connectivity index (χ3v) is 6.58. The summed E-state index contributed by atoms with van der Waals surface area (Å²) in [6.07, 6.45) is 5.81. The molecule has 1 aromatic rings. The van der Waals surface area contributed by atoms with Gasteiger partial charge < -0.3 is 4.79 Å². The van der Waals surface area contributed by atoms with Crippen LogP contribution in [-0.4, -0.2) is 20.7 Å². The maximum atomic E-state index is 12.5. The molecule has 0 saturated heterocycles. The lowest BCUT2D eigenvalue weighted by molar-refractivity contribution is -0.110. The predicted molar refractivity (Wildman–Crippen MR) is 80.2 cm³/mol. The highest BCUT2D eigenvalue weighted by molar-refractivity contribution is 7.89. The van der Waals surface area contributed by atoms with Crippen molar-refractivity contribution in [2.75, 3.05) is 0 Å². The van der Waals surface area contributed by atoms with Gasteiger partial charge in [0.05, 0.1) is 4.90 Å². The van der Waals surface area contributed by atoms with Gasteiger partial charge in [0.15, 0.2) is 0 Å². The molecular formula is C16H21NO3S. The first-order valence-electron chi connectivity index (χ1n) is 7.63. The molecule has 1 aromatic carbocycles. The second-order valence-corrected chi connectivity index (χ2v) is 7.92. The summed E-state index contributed by atoms with van der Waals surface area (Å²) in [6.45, 7) is 0. The third kappa shape index (κ3) is 2.90. The van der Waals surface area contributed by atoms with Gasteiger partial charge in [-0.05, 0) is 55.6 Å². The van der Waals surface area contributed by atoms with Crippen LogP contribution < -0.4 is 4.72 Å². The zero-order valence-electron chi connectivity index (χ0n) is 11.9. The molecule has 0 amide bonds. The van der Waals surface area contributed by atoms with Gasteiger partial charge in [-0.1, -0.05) is 18.2 Å². The monoisotopic (exact) mass is 307 g/mol. The first-order chi connectivity index (χ1) is 10.1. The van der Waals surface area contributed by atoms with Crippen LogP contribution in [0.2, 0.25) is 0 Å². The molecule has 0 spiro atoms. The van der Waals surface area contributed by atoms with Crippen LogP contribution in [0.1, 0.15) is 32.1 Å². The Kier molecular flexibility index (Phi) is 4.13. The molecule has 0 unspecified atom stereocenters. The van der Waals surface area contributed by atoms with E-state index in [2.05, 4.69) is 4.72 Å². The van der Waals surface area contributed by atoms with E-state index >= 15 is 0 Å². The fraction of sp³-hybridized carbons (Fsp3) is 0.562. The molecule has 0 aromatic heterocycles. The van der Waals surface area contributed by atoms with Gasteiger partial charge in [-0.3, -0.25) is 0 Å². The summed E-state index contributed by atoms with van der Waals surface area (Å²) in [7, 11) is -3.50. The molecule has 114 valence electrons. The molecule has 4 nitrogen and oxygen atoms in total. The van der Waals surface area contributed by atoms with E-state index in [-0.39, 0.29) is 12.0 Å². The normalized spacial score (nSPS) is 32.0. The molecule has 21 heavy (non-hydrogen) atoms. The molecule has 4 rings (SSSR count). The van der Waals surface area contributed by atoms with E-state index in [0.29, 0.717) is 23.2 Å². The second-order valence-electron chi connectivity index (χ2n) is 6.20. The van der Waals surface area contributed by atoms with Gasteiger partial charge in [0, 0.05) is 12.5 Å². The number of carbonyl (C=O) groups is 1.